The molecule has 0 aromatic heterocycles. The number of aromatic hydroxyl groups is 1. The second-order valence-corrected chi connectivity index (χ2v) is 3.78. The summed E-state index contributed by atoms with van der Waals surface area (Å²) in [6.45, 7) is 1.63. The Balaban J connectivity index is 2.39. The Bertz CT molecular complexity index is 402. The van der Waals surface area contributed by atoms with E-state index >= 15 is 0 Å². The fourth-order valence-corrected chi connectivity index (χ4v) is 1.69. The van der Waals surface area contributed by atoms with E-state index in [0.29, 0.717) is 12.1 Å². The average molecular weight is 193 g/mol. The lowest BCUT2D eigenvalue weighted by molar-refractivity contribution is -0.141. The zero-order chi connectivity index (χ0) is 10.3. The molecule has 1 aromatic rings. The third-order valence-electron chi connectivity index (χ3n) is 2.52. The molecule has 74 valence electrons. The van der Waals surface area contributed by atoms with Gasteiger partial charge < -0.3 is 15.5 Å². The molecule has 0 aliphatic carbocycles. The molecule has 0 radical (unpaired) electrons. The van der Waals surface area contributed by atoms with Crippen molar-refractivity contribution in [3.63, 3.8) is 0 Å². The van der Waals surface area contributed by atoms with Crippen LogP contribution in [0.4, 0.5) is 5.69 Å². The van der Waals surface area contributed by atoms with Gasteiger partial charge >= 0.3 is 5.97 Å². The van der Waals surface area contributed by atoms with E-state index in [0.717, 1.165) is 5.56 Å². The molecule has 4 nitrogen and oxygen atoms in total. The van der Waals surface area contributed by atoms with E-state index in [1.807, 2.05) is 0 Å². The van der Waals surface area contributed by atoms with Crippen LogP contribution >= 0.6 is 0 Å². The van der Waals surface area contributed by atoms with Gasteiger partial charge in [0.1, 0.15) is 11.3 Å². The second-order valence-electron chi connectivity index (χ2n) is 3.78. The molecule has 0 saturated heterocycles. The van der Waals surface area contributed by atoms with Gasteiger partial charge in [0.15, 0.2) is 0 Å². The highest BCUT2D eigenvalue weighted by atomic mass is 16.4. The van der Waals surface area contributed by atoms with Gasteiger partial charge in [-0.25, -0.2) is 4.79 Å². The fraction of sp³-hybridized carbons (Fsp3) is 0.300. The minimum Gasteiger partial charge on any atom is -0.508 e. The molecule has 0 spiro atoms. The summed E-state index contributed by atoms with van der Waals surface area (Å²) in [5.41, 5.74) is 0.679. The highest BCUT2D eigenvalue weighted by molar-refractivity contribution is 5.86. The van der Waals surface area contributed by atoms with Crippen LogP contribution in [0, 0.1) is 0 Å². The summed E-state index contributed by atoms with van der Waals surface area (Å²) in [4.78, 5) is 11.0. The molecule has 1 aliphatic heterocycles. The molecule has 2 rings (SSSR count). The average Bonchev–Trinajstić information content (AvgIpc) is 2.42. The molecule has 0 amide bonds. The molecule has 4 heteroatoms. The van der Waals surface area contributed by atoms with Gasteiger partial charge in [-0.15, -0.1) is 0 Å². The summed E-state index contributed by atoms with van der Waals surface area (Å²) in [5.74, 6) is -0.737. The van der Waals surface area contributed by atoms with Crippen LogP contribution < -0.4 is 5.32 Å². The number of rotatable bonds is 1. The minimum absolute atomic E-state index is 0.144. The maximum atomic E-state index is 11.0. The van der Waals surface area contributed by atoms with E-state index in [1.54, 1.807) is 25.1 Å². The number of phenols is 1. The van der Waals surface area contributed by atoms with Gasteiger partial charge in [0.2, 0.25) is 0 Å². The first-order chi connectivity index (χ1) is 6.51. The number of phenolic OH excluding ortho intramolecular Hbond substituents is 1. The summed E-state index contributed by atoms with van der Waals surface area (Å²) >= 11 is 0. The number of nitrogens with one attached hydrogen (secondary N) is 1. The van der Waals surface area contributed by atoms with Crippen molar-refractivity contribution in [1.82, 2.24) is 0 Å². The highest BCUT2D eigenvalue weighted by Crippen LogP contribution is 2.34. The fourth-order valence-electron chi connectivity index (χ4n) is 1.69. The van der Waals surface area contributed by atoms with E-state index in [1.165, 1.54) is 0 Å². The van der Waals surface area contributed by atoms with E-state index < -0.39 is 11.5 Å². The summed E-state index contributed by atoms with van der Waals surface area (Å²) < 4.78 is 0. The van der Waals surface area contributed by atoms with Crippen LogP contribution in [0.15, 0.2) is 18.2 Å². The molecular weight excluding hydrogens is 182 g/mol. The van der Waals surface area contributed by atoms with Crippen molar-refractivity contribution < 1.29 is 15.0 Å². The van der Waals surface area contributed by atoms with Gasteiger partial charge in [-0.3, -0.25) is 0 Å². The number of aliphatic carboxylic acids is 1. The topological polar surface area (TPSA) is 69.6 Å². The number of hydrogen-bond donors (Lipinski definition) is 3. The number of carboxylic acids is 1. The third kappa shape index (κ3) is 1.19. The Hall–Kier alpha value is -1.71. The predicted octanol–water partition coefficient (Wildman–Crippen LogP) is 1.20. The van der Waals surface area contributed by atoms with Crippen LogP contribution in [0.2, 0.25) is 0 Å². The molecule has 1 aliphatic rings. The minimum atomic E-state index is -0.948. The van der Waals surface area contributed by atoms with E-state index in [4.69, 9.17) is 5.11 Å². The van der Waals surface area contributed by atoms with Crippen molar-refractivity contribution in [3.8, 4) is 5.75 Å². The Morgan fingerprint density at radius 2 is 2.29 bits per heavy atom. The normalized spacial score (nSPS) is 24.1. The SMILES string of the molecule is CC1(C(=O)O)Cc2ccc(O)cc2N1. The maximum Gasteiger partial charge on any atom is 0.329 e. The van der Waals surface area contributed by atoms with Gasteiger partial charge in [-0.05, 0) is 18.6 Å². The van der Waals surface area contributed by atoms with Crippen molar-refractivity contribution in [2.45, 2.75) is 18.9 Å². The molecule has 1 atom stereocenters. The Labute approximate surface area is 81.2 Å². The lowest BCUT2D eigenvalue weighted by atomic mass is 9.98. The van der Waals surface area contributed by atoms with Crippen LogP contribution in [0.25, 0.3) is 0 Å². The van der Waals surface area contributed by atoms with Crippen LogP contribution in [0.5, 0.6) is 5.75 Å². The van der Waals surface area contributed by atoms with Crippen molar-refractivity contribution >= 4 is 11.7 Å². The predicted molar refractivity (Wildman–Crippen MR) is 51.5 cm³/mol. The van der Waals surface area contributed by atoms with Crippen LogP contribution in [-0.4, -0.2) is 21.7 Å². The Morgan fingerprint density at radius 1 is 1.57 bits per heavy atom. The summed E-state index contributed by atoms with van der Waals surface area (Å²) in [5, 5.41) is 21.1. The van der Waals surface area contributed by atoms with Gasteiger partial charge in [0, 0.05) is 18.2 Å². The molecule has 0 fully saturated rings. The van der Waals surface area contributed by atoms with Crippen LogP contribution in [-0.2, 0) is 11.2 Å². The Kier molecular flexibility index (Phi) is 1.67. The first kappa shape index (κ1) is 8.87. The first-order valence-corrected chi connectivity index (χ1v) is 4.35. The maximum absolute atomic E-state index is 11.0. The molecule has 0 bridgehead atoms. The zero-order valence-corrected chi connectivity index (χ0v) is 7.74. The standard InChI is InChI=1S/C10H11NO3/c1-10(9(13)14)5-6-2-3-7(12)4-8(6)11-10/h2-4,11-12H,5H2,1H3,(H,13,14). The van der Waals surface area contributed by atoms with E-state index in [2.05, 4.69) is 5.32 Å². The van der Waals surface area contributed by atoms with E-state index in [9.17, 15) is 9.90 Å². The first-order valence-electron chi connectivity index (χ1n) is 4.35. The Morgan fingerprint density at radius 3 is 2.93 bits per heavy atom. The molecule has 0 saturated carbocycles. The number of benzene rings is 1. The smallest absolute Gasteiger partial charge is 0.329 e. The van der Waals surface area contributed by atoms with Gasteiger partial charge in [-0.2, -0.15) is 0 Å². The third-order valence-corrected chi connectivity index (χ3v) is 2.52. The van der Waals surface area contributed by atoms with Crippen molar-refractivity contribution in [3.05, 3.63) is 23.8 Å². The number of fused-ring (bicyclic) bond motifs is 1. The van der Waals surface area contributed by atoms with E-state index in [-0.39, 0.29) is 5.75 Å². The number of hydrogen-bond acceptors (Lipinski definition) is 3. The summed E-state index contributed by atoms with van der Waals surface area (Å²) in [6.07, 6.45) is 0.442. The van der Waals surface area contributed by atoms with Crippen LogP contribution in [0.3, 0.4) is 0 Å². The summed E-state index contributed by atoms with van der Waals surface area (Å²) in [7, 11) is 0. The molecule has 1 heterocycles. The van der Waals surface area contributed by atoms with Gasteiger partial charge in [-0.1, -0.05) is 6.07 Å². The van der Waals surface area contributed by atoms with Gasteiger partial charge in [0.25, 0.3) is 0 Å². The number of carbonyl (C=O) groups is 1. The number of anilines is 1. The zero-order valence-electron chi connectivity index (χ0n) is 7.74. The summed E-state index contributed by atoms with van der Waals surface area (Å²) in [6, 6.07) is 4.85. The lowest BCUT2D eigenvalue weighted by Gasteiger charge is -2.18. The van der Waals surface area contributed by atoms with Crippen molar-refractivity contribution in [2.75, 3.05) is 5.32 Å². The monoisotopic (exact) mass is 193 g/mol. The van der Waals surface area contributed by atoms with Crippen molar-refractivity contribution in [1.29, 1.82) is 0 Å². The highest BCUT2D eigenvalue weighted by Gasteiger charge is 2.39. The molecular formula is C10H11NO3. The van der Waals surface area contributed by atoms with Gasteiger partial charge in [0.05, 0.1) is 0 Å². The molecule has 3 N–H and O–H groups in total. The number of carboxylic acid groups (broad SMARTS) is 1. The van der Waals surface area contributed by atoms with Crippen molar-refractivity contribution in [2.24, 2.45) is 0 Å². The van der Waals surface area contributed by atoms with Crippen LogP contribution in [0.1, 0.15) is 12.5 Å². The molecule has 1 unspecified atom stereocenters. The lowest BCUT2D eigenvalue weighted by Crippen LogP contribution is -2.41. The molecule has 14 heavy (non-hydrogen) atoms. The molecule has 1 aromatic carbocycles. The quantitative estimate of drug-likeness (QED) is 0.626. The second kappa shape index (κ2) is 2.64. The largest absolute Gasteiger partial charge is 0.508 e.